The third-order valence-electron chi connectivity index (χ3n) is 5.92. The lowest BCUT2D eigenvalue weighted by Gasteiger charge is -2.14. The van der Waals surface area contributed by atoms with Gasteiger partial charge in [0.15, 0.2) is 0 Å². The second-order valence-electron chi connectivity index (χ2n) is 8.82. The summed E-state index contributed by atoms with van der Waals surface area (Å²) in [5.74, 6) is -1.30. The number of sulfonamides is 1. The second-order valence-corrected chi connectivity index (χ2v) is 10.7. The van der Waals surface area contributed by atoms with Crippen LogP contribution in [0.4, 0.5) is 11.4 Å². The number of rotatable bonds is 11. The fraction of sp³-hybridized carbons (Fsp3) is 0.250. The fourth-order valence-electron chi connectivity index (χ4n) is 4.16. The third-order valence-corrected chi connectivity index (χ3v) is 6.65. The van der Waals surface area contributed by atoms with E-state index in [2.05, 4.69) is 15.4 Å². The van der Waals surface area contributed by atoms with Crippen LogP contribution in [0.3, 0.4) is 0 Å². The molecule has 3 N–H and O–H groups in total. The first-order valence-corrected chi connectivity index (χ1v) is 14.1. The number of anilines is 1. The molecule has 4 rings (SSSR count). The number of amides is 1. The first-order valence-electron chi connectivity index (χ1n) is 12.3. The van der Waals surface area contributed by atoms with E-state index in [9.17, 15) is 18.0 Å². The molecule has 3 aromatic carbocycles. The van der Waals surface area contributed by atoms with E-state index in [1.807, 2.05) is 54.6 Å². The van der Waals surface area contributed by atoms with Crippen molar-refractivity contribution in [1.82, 2.24) is 10.0 Å². The molecule has 198 valence electrons. The Morgan fingerprint density at radius 3 is 2.42 bits per heavy atom. The van der Waals surface area contributed by atoms with Crippen molar-refractivity contribution in [2.75, 3.05) is 31.3 Å². The number of nitrogens with zero attached hydrogens (tertiary/aromatic N) is 1. The van der Waals surface area contributed by atoms with Gasteiger partial charge in [-0.25, -0.2) is 17.9 Å². The Hall–Kier alpha value is -3.86. The fourth-order valence-corrected chi connectivity index (χ4v) is 4.64. The van der Waals surface area contributed by atoms with Gasteiger partial charge in [-0.05, 0) is 47.9 Å². The molecule has 1 unspecified atom stereocenters. The lowest BCUT2D eigenvalue weighted by Crippen LogP contribution is -2.30. The topological polar surface area (TPSA) is 126 Å². The van der Waals surface area contributed by atoms with E-state index in [4.69, 9.17) is 9.73 Å². The Bertz CT molecular complexity index is 1440. The number of esters is 1. The summed E-state index contributed by atoms with van der Waals surface area (Å²) in [7, 11) is -3.20. The maximum atomic E-state index is 13.2. The first kappa shape index (κ1) is 27.2. The Morgan fingerprint density at radius 2 is 1.74 bits per heavy atom. The summed E-state index contributed by atoms with van der Waals surface area (Å²) in [6, 6.07) is 22.3. The number of benzene rings is 3. The molecule has 0 saturated carbocycles. The molecule has 9 nitrogen and oxygen atoms in total. The van der Waals surface area contributed by atoms with E-state index in [1.165, 1.54) is 0 Å². The second kappa shape index (κ2) is 12.1. The molecule has 1 aliphatic heterocycles. The maximum Gasteiger partial charge on any atom is 0.338 e. The molecule has 0 spiro atoms. The zero-order chi connectivity index (χ0) is 27.1. The highest BCUT2D eigenvalue weighted by molar-refractivity contribution is 7.88. The normalized spacial score (nSPS) is 15.2. The summed E-state index contributed by atoms with van der Waals surface area (Å²) in [5, 5.41) is 6.09. The molecule has 1 aliphatic rings. The lowest BCUT2D eigenvalue weighted by molar-refractivity contribution is -0.115. The Balaban J connectivity index is 1.57. The smallest absolute Gasteiger partial charge is 0.338 e. The van der Waals surface area contributed by atoms with Crippen LogP contribution < -0.4 is 15.4 Å². The number of ether oxygens (including phenoxy) is 1. The molecular weight excluding hydrogens is 504 g/mol. The zero-order valence-corrected chi connectivity index (χ0v) is 22.0. The molecular formula is C28H30N4O5S. The average molecular weight is 535 g/mol. The first-order chi connectivity index (χ1) is 18.2. The molecule has 1 amide bonds. The van der Waals surface area contributed by atoms with Crippen molar-refractivity contribution in [1.29, 1.82) is 0 Å². The summed E-state index contributed by atoms with van der Waals surface area (Å²) in [6.07, 6.45) is 1.13. The van der Waals surface area contributed by atoms with Crippen LogP contribution in [-0.2, 0) is 26.1 Å². The SMILES string of the molecule is CCOC(=O)c1ccc2c(c1)NC(=O)C2C(=Nc1ccc(CNCCNS(C)(=O)=O)cc1)c1ccccc1. The van der Waals surface area contributed by atoms with Crippen molar-refractivity contribution in [3.63, 3.8) is 0 Å². The number of hydrogen-bond donors (Lipinski definition) is 3. The predicted octanol–water partition coefficient (Wildman–Crippen LogP) is 3.36. The molecule has 0 saturated heterocycles. The highest BCUT2D eigenvalue weighted by Crippen LogP contribution is 2.37. The van der Waals surface area contributed by atoms with Crippen molar-refractivity contribution in [2.45, 2.75) is 19.4 Å². The van der Waals surface area contributed by atoms with Gasteiger partial charge in [-0.2, -0.15) is 0 Å². The Kier molecular flexibility index (Phi) is 8.67. The van der Waals surface area contributed by atoms with E-state index in [0.29, 0.717) is 42.3 Å². The van der Waals surface area contributed by atoms with Crippen molar-refractivity contribution >= 4 is 39.0 Å². The molecule has 10 heteroatoms. The standard InChI is InChI=1S/C28H30N4O5S/c1-3-37-28(34)21-11-14-23-24(17-21)32-27(33)25(23)26(20-7-5-4-6-8-20)31-22-12-9-19(10-13-22)18-29-15-16-30-38(2,35)36/h4-14,17,25,29-30H,3,15-16,18H2,1-2H3,(H,32,33). The van der Waals surface area contributed by atoms with Gasteiger partial charge in [0.25, 0.3) is 0 Å². The number of hydrogen-bond acceptors (Lipinski definition) is 7. The van der Waals surface area contributed by atoms with E-state index >= 15 is 0 Å². The quantitative estimate of drug-likeness (QED) is 0.197. The van der Waals surface area contributed by atoms with Crippen LogP contribution in [0.25, 0.3) is 0 Å². The number of nitrogens with one attached hydrogen (secondary N) is 3. The summed E-state index contributed by atoms with van der Waals surface area (Å²) >= 11 is 0. The summed E-state index contributed by atoms with van der Waals surface area (Å²) in [4.78, 5) is 30.2. The molecule has 0 radical (unpaired) electrons. The van der Waals surface area contributed by atoms with E-state index < -0.39 is 21.9 Å². The molecule has 1 atom stereocenters. The van der Waals surface area contributed by atoms with Crippen LogP contribution in [0.2, 0.25) is 0 Å². The van der Waals surface area contributed by atoms with Crippen molar-refractivity contribution in [2.24, 2.45) is 4.99 Å². The monoisotopic (exact) mass is 534 g/mol. The van der Waals surface area contributed by atoms with Crippen molar-refractivity contribution in [3.8, 4) is 0 Å². The molecule has 0 fully saturated rings. The van der Waals surface area contributed by atoms with Crippen LogP contribution in [0.5, 0.6) is 0 Å². The van der Waals surface area contributed by atoms with Gasteiger partial charge in [0.2, 0.25) is 15.9 Å². The summed E-state index contributed by atoms with van der Waals surface area (Å²) < 4.78 is 29.8. The number of aliphatic imine (C=N–C) groups is 1. The van der Waals surface area contributed by atoms with Crippen LogP contribution in [0.15, 0.2) is 77.8 Å². The molecule has 0 aromatic heterocycles. The van der Waals surface area contributed by atoms with Crippen LogP contribution in [0.1, 0.15) is 39.9 Å². The third kappa shape index (κ3) is 6.91. The highest BCUT2D eigenvalue weighted by atomic mass is 32.2. The lowest BCUT2D eigenvalue weighted by atomic mass is 9.90. The number of fused-ring (bicyclic) bond motifs is 1. The summed E-state index contributed by atoms with van der Waals surface area (Å²) in [5.41, 5.74) is 4.81. The molecule has 3 aromatic rings. The van der Waals surface area contributed by atoms with Gasteiger partial charge in [-0.3, -0.25) is 9.79 Å². The highest BCUT2D eigenvalue weighted by Gasteiger charge is 2.36. The number of carbonyl (C=O) groups excluding carboxylic acids is 2. The van der Waals surface area contributed by atoms with E-state index in [-0.39, 0.29) is 12.5 Å². The minimum atomic E-state index is -3.20. The van der Waals surface area contributed by atoms with Gasteiger partial charge >= 0.3 is 5.97 Å². The predicted molar refractivity (Wildman–Crippen MR) is 147 cm³/mol. The summed E-state index contributed by atoms with van der Waals surface area (Å²) in [6.45, 7) is 3.40. The average Bonchev–Trinajstić information content (AvgIpc) is 3.22. The van der Waals surface area contributed by atoms with Crippen LogP contribution in [0, 0.1) is 0 Å². The van der Waals surface area contributed by atoms with E-state index in [1.54, 1.807) is 25.1 Å². The Labute approximate surface area is 222 Å². The molecule has 0 aliphatic carbocycles. The molecule has 0 bridgehead atoms. The minimum Gasteiger partial charge on any atom is -0.462 e. The molecule has 1 heterocycles. The van der Waals surface area contributed by atoms with Crippen molar-refractivity contribution < 1.29 is 22.7 Å². The minimum absolute atomic E-state index is 0.216. The molecule has 38 heavy (non-hydrogen) atoms. The largest absolute Gasteiger partial charge is 0.462 e. The van der Waals surface area contributed by atoms with Gasteiger partial charge < -0.3 is 15.4 Å². The van der Waals surface area contributed by atoms with Crippen LogP contribution >= 0.6 is 0 Å². The number of carbonyl (C=O) groups is 2. The van der Waals surface area contributed by atoms with Gasteiger partial charge in [0.05, 0.1) is 29.8 Å². The Morgan fingerprint density at radius 1 is 1.00 bits per heavy atom. The van der Waals surface area contributed by atoms with Gasteiger partial charge in [-0.1, -0.05) is 48.5 Å². The van der Waals surface area contributed by atoms with Crippen LogP contribution in [-0.4, -0.2) is 52.0 Å². The van der Waals surface area contributed by atoms with Gasteiger partial charge in [0.1, 0.15) is 5.92 Å². The maximum absolute atomic E-state index is 13.2. The van der Waals surface area contributed by atoms with Gasteiger partial charge in [0, 0.05) is 25.3 Å². The van der Waals surface area contributed by atoms with Crippen molar-refractivity contribution in [3.05, 3.63) is 95.1 Å². The van der Waals surface area contributed by atoms with E-state index in [0.717, 1.165) is 22.9 Å². The zero-order valence-electron chi connectivity index (χ0n) is 21.2. The van der Waals surface area contributed by atoms with Gasteiger partial charge in [-0.15, -0.1) is 0 Å².